The van der Waals surface area contributed by atoms with Gasteiger partial charge in [-0.1, -0.05) is 33.3 Å². The van der Waals surface area contributed by atoms with E-state index >= 15 is 0 Å². The number of ether oxygens (including phenoxy) is 1. The van der Waals surface area contributed by atoms with Crippen LogP contribution in [0.25, 0.3) is 0 Å². The van der Waals surface area contributed by atoms with E-state index in [4.69, 9.17) is 4.74 Å². The lowest BCUT2D eigenvalue weighted by Crippen LogP contribution is -2.56. The molecule has 3 heteroatoms. The molecule has 3 nitrogen and oxygen atoms in total. The van der Waals surface area contributed by atoms with Gasteiger partial charge in [0.25, 0.3) is 0 Å². The minimum Gasteiger partial charge on any atom is -0.462 e. The Hall–Kier alpha value is -1.12. The maximum absolute atomic E-state index is 12.0. The maximum atomic E-state index is 12.0. The highest BCUT2D eigenvalue weighted by molar-refractivity contribution is 5.91. The van der Waals surface area contributed by atoms with Crippen molar-refractivity contribution in [1.82, 2.24) is 0 Å². The first kappa shape index (κ1) is 18.3. The van der Waals surface area contributed by atoms with Crippen LogP contribution < -0.4 is 0 Å². The number of carbonyl (C=O) groups is 2. The summed E-state index contributed by atoms with van der Waals surface area (Å²) in [5.41, 5.74) is 1.97. The van der Waals surface area contributed by atoms with E-state index in [1.807, 2.05) is 13.0 Å². The summed E-state index contributed by atoms with van der Waals surface area (Å²) < 4.78 is 5.93. The van der Waals surface area contributed by atoms with Crippen molar-refractivity contribution in [2.75, 3.05) is 0 Å². The van der Waals surface area contributed by atoms with Crippen molar-refractivity contribution in [3.63, 3.8) is 0 Å². The first-order chi connectivity index (χ1) is 12.2. The van der Waals surface area contributed by atoms with Crippen molar-refractivity contribution < 1.29 is 14.3 Å². The van der Waals surface area contributed by atoms with E-state index < -0.39 is 0 Å². The summed E-state index contributed by atoms with van der Waals surface area (Å²) in [7, 11) is 0. The lowest BCUT2D eigenvalue weighted by molar-refractivity contribution is -0.169. The van der Waals surface area contributed by atoms with Crippen molar-refractivity contribution in [3.05, 3.63) is 11.6 Å². The number of fused-ring (bicyclic) bond motifs is 5. The van der Waals surface area contributed by atoms with Gasteiger partial charge in [0.2, 0.25) is 0 Å². The summed E-state index contributed by atoms with van der Waals surface area (Å²) in [4.78, 5) is 23.9. The Labute approximate surface area is 157 Å². The third kappa shape index (κ3) is 2.31. The quantitative estimate of drug-likeness (QED) is 0.635. The van der Waals surface area contributed by atoms with Gasteiger partial charge in [0.1, 0.15) is 6.10 Å². The van der Waals surface area contributed by atoms with Crippen LogP contribution in [0, 0.1) is 28.1 Å². The third-order valence-electron chi connectivity index (χ3n) is 9.28. The minimum atomic E-state index is -0.0470. The molecule has 0 aromatic carbocycles. The van der Waals surface area contributed by atoms with Crippen LogP contribution in [0.15, 0.2) is 11.6 Å². The molecule has 4 aliphatic rings. The van der Waals surface area contributed by atoms with Crippen molar-refractivity contribution in [2.45, 2.75) is 91.6 Å². The van der Waals surface area contributed by atoms with Crippen LogP contribution >= 0.6 is 0 Å². The van der Waals surface area contributed by atoms with Gasteiger partial charge in [0.15, 0.2) is 5.78 Å². The summed E-state index contributed by atoms with van der Waals surface area (Å²) in [5, 5.41) is 0. The van der Waals surface area contributed by atoms with Crippen LogP contribution in [-0.2, 0) is 14.3 Å². The highest BCUT2D eigenvalue weighted by Crippen LogP contribution is 2.71. The molecule has 3 saturated carbocycles. The maximum Gasteiger partial charge on any atom is 0.305 e. The zero-order valence-corrected chi connectivity index (χ0v) is 16.9. The first-order valence-corrected chi connectivity index (χ1v) is 10.7. The highest BCUT2D eigenvalue weighted by Gasteiger charge is 2.65. The van der Waals surface area contributed by atoms with Crippen LogP contribution in [0.4, 0.5) is 0 Å². The number of ketones is 1. The molecular formula is C23H34O3. The predicted octanol–water partition coefficient (Wildman–Crippen LogP) is 5.23. The van der Waals surface area contributed by atoms with Crippen LogP contribution in [0.2, 0.25) is 0 Å². The fourth-order valence-corrected chi connectivity index (χ4v) is 7.34. The molecule has 0 heterocycles. The Morgan fingerprint density at radius 3 is 2.50 bits per heavy atom. The van der Waals surface area contributed by atoms with Crippen LogP contribution in [0.5, 0.6) is 0 Å². The zero-order chi connectivity index (χ0) is 18.7. The van der Waals surface area contributed by atoms with Gasteiger partial charge in [-0.3, -0.25) is 9.59 Å². The average Bonchev–Trinajstić information content (AvgIpc) is 2.87. The Bertz CT molecular complexity index is 664. The minimum absolute atomic E-state index is 0.0470. The number of carbonyl (C=O) groups excluding carboxylic acids is 2. The molecule has 0 aliphatic heterocycles. The number of hydrogen-bond acceptors (Lipinski definition) is 3. The topological polar surface area (TPSA) is 43.4 Å². The summed E-state index contributed by atoms with van der Waals surface area (Å²) >= 11 is 0. The van der Waals surface area contributed by atoms with Crippen LogP contribution in [-0.4, -0.2) is 17.9 Å². The van der Waals surface area contributed by atoms with Gasteiger partial charge >= 0.3 is 5.97 Å². The van der Waals surface area contributed by atoms with E-state index in [1.165, 1.54) is 24.8 Å². The predicted molar refractivity (Wildman–Crippen MR) is 101 cm³/mol. The normalized spacial score (nSPS) is 47.5. The summed E-state index contributed by atoms with van der Waals surface area (Å²) in [6, 6.07) is 0. The number of rotatable bonds is 2. The number of esters is 1. The molecule has 4 rings (SSSR count). The molecule has 0 aromatic heterocycles. The summed E-state index contributed by atoms with van der Waals surface area (Å²) in [6.07, 6.45) is 11.1. The van der Waals surface area contributed by atoms with Gasteiger partial charge in [0, 0.05) is 18.3 Å². The molecule has 0 bridgehead atoms. The third-order valence-corrected chi connectivity index (χ3v) is 9.28. The van der Waals surface area contributed by atoms with Gasteiger partial charge in [-0.05, 0) is 73.7 Å². The van der Waals surface area contributed by atoms with E-state index in [1.54, 1.807) is 0 Å². The van der Waals surface area contributed by atoms with E-state index in [0.29, 0.717) is 30.5 Å². The van der Waals surface area contributed by atoms with Crippen molar-refractivity contribution in [1.29, 1.82) is 0 Å². The number of hydrogen-bond donors (Lipinski definition) is 0. The zero-order valence-electron chi connectivity index (χ0n) is 16.9. The second kappa shape index (κ2) is 5.94. The molecule has 6 atom stereocenters. The monoisotopic (exact) mass is 358 g/mol. The Kier molecular flexibility index (Phi) is 4.17. The van der Waals surface area contributed by atoms with E-state index in [-0.39, 0.29) is 28.3 Å². The molecule has 0 saturated heterocycles. The van der Waals surface area contributed by atoms with Crippen molar-refractivity contribution in [2.24, 2.45) is 28.1 Å². The SMILES string of the molecule is CCC(=O)O[C@H]1CCC2(C)[C@@H]3CCC4=CC(=O)CC[C@]4(C)C3CC[C@]12C. The lowest BCUT2D eigenvalue weighted by Gasteiger charge is -2.62. The molecule has 0 N–H and O–H groups in total. The van der Waals surface area contributed by atoms with Gasteiger partial charge in [-0.15, -0.1) is 0 Å². The van der Waals surface area contributed by atoms with Gasteiger partial charge in [-0.25, -0.2) is 0 Å². The number of allylic oxidation sites excluding steroid dienone is 1. The molecule has 0 spiro atoms. The van der Waals surface area contributed by atoms with E-state index in [2.05, 4.69) is 20.8 Å². The smallest absolute Gasteiger partial charge is 0.305 e. The summed E-state index contributed by atoms with van der Waals surface area (Å²) in [6.45, 7) is 9.19. The molecule has 144 valence electrons. The fraction of sp³-hybridized carbons (Fsp3) is 0.826. The fourth-order valence-electron chi connectivity index (χ4n) is 7.34. The van der Waals surface area contributed by atoms with Gasteiger partial charge in [0.05, 0.1) is 0 Å². The molecule has 3 fully saturated rings. The molecule has 0 amide bonds. The highest BCUT2D eigenvalue weighted by atomic mass is 16.5. The van der Waals surface area contributed by atoms with E-state index in [0.717, 1.165) is 25.7 Å². The molecule has 0 radical (unpaired) electrons. The average molecular weight is 359 g/mol. The van der Waals surface area contributed by atoms with Gasteiger partial charge in [-0.2, -0.15) is 0 Å². The molecule has 26 heavy (non-hydrogen) atoms. The van der Waals surface area contributed by atoms with Crippen molar-refractivity contribution in [3.8, 4) is 0 Å². The van der Waals surface area contributed by atoms with Crippen molar-refractivity contribution >= 4 is 11.8 Å². The Morgan fingerprint density at radius 2 is 1.77 bits per heavy atom. The van der Waals surface area contributed by atoms with Crippen LogP contribution in [0.1, 0.15) is 85.5 Å². The standard InChI is InChI=1S/C23H34O3/c1-5-20(25)26-19-10-13-22(3)18-7-6-15-14-16(24)8-11-21(15,2)17(18)9-12-23(19,22)4/h14,17-19H,5-13H2,1-4H3/t17?,18-,19+,21+,22?,23-/m1/s1. The molecule has 0 aromatic rings. The first-order valence-electron chi connectivity index (χ1n) is 10.7. The second-order valence-electron chi connectivity index (χ2n) is 10.0. The van der Waals surface area contributed by atoms with Crippen LogP contribution in [0.3, 0.4) is 0 Å². The Morgan fingerprint density at radius 1 is 1.04 bits per heavy atom. The molecule has 4 aliphatic carbocycles. The molecular weight excluding hydrogens is 324 g/mol. The summed E-state index contributed by atoms with van der Waals surface area (Å²) in [5.74, 6) is 1.64. The van der Waals surface area contributed by atoms with E-state index in [9.17, 15) is 9.59 Å². The largest absolute Gasteiger partial charge is 0.462 e. The van der Waals surface area contributed by atoms with Gasteiger partial charge < -0.3 is 4.74 Å². The second-order valence-corrected chi connectivity index (χ2v) is 10.0. The Balaban J connectivity index is 1.65. The lowest BCUT2D eigenvalue weighted by atomic mass is 9.42. The molecule has 2 unspecified atom stereocenters.